The van der Waals surface area contributed by atoms with Gasteiger partial charge in [0.1, 0.15) is 18.5 Å². The van der Waals surface area contributed by atoms with Crippen LogP contribution in [0.2, 0.25) is 0 Å². The Morgan fingerprint density at radius 1 is 1.31 bits per heavy atom. The Labute approximate surface area is 172 Å². The van der Waals surface area contributed by atoms with Crippen molar-refractivity contribution in [3.63, 3.8) is 0 Å². The topological polar surface area (TPSA) is 95.4 Å². The molecule has 3 N–H and O–H groups in total. The Balaban J connectivity index is 1.74. The van der Waals surface area contributed by atoms with Gasteiger partial charge in [-0.1, -0.05) is 0 Å². The van der Waals surface area contributed by atoms with Crippen LogP contribution in [-0.2, 0) is 9.53 Å². The highest BCUT2D eigenvalue weighted by atomic mass is 16.5. The van der Waals surface area contributed by atoms with Crippen molar-refractivity contribution in [1.29, 1.82) is 0 Å². The van der Waals surface area contributed by atoms with Gasteiger partial charge >= 0.3 is 0 Å². The molecule has 8 nitrogen and oxygen atoms in total. The fraction of sp³-hybridized carbons (Fsp3) is 0.619. The van der Waals surface area contributed by atoms with Crippen molar-refractivity contribution in [2.24, 2.45) is 5.10 Å². The fourth-order valence-corrected chi connectivity index (χ4v) is 3.22. The summed E-state index contributed by atoms with van der Waals surface area (Å²) < 4.78 is 11.5. The number of β-amino-alcohol motifs (C(OH)–C–C–N with tert-alkyl or cyclic N) is 1. The molecular formula is C21H32N4O4. The molecule has 160 valence electrons. The van der Waals surface area contributed by atoms with E-state index in [0.717, 1.165) is 35.8 Å². The van der Waals surface area contributed by atoms with Crippen molar-refractivity contribution in [1.82, 2.24) is 10.7 Å². The summed E-state index contributed by atoms with van der Waals surface area (Å²) in [6.45, 7) is 9.73. The van der Waals surface area contributed by atoms with Gasteiger partial charge in [-0.3, -0.25) is 4.79 Å². The summed E-state index contributed by atoms with van der Waals surface area (Å²) in [4.78, 5) is 13.6. The number of ether oxygens (including phenoxy) is 2. The first kappa shape index (κ1) is 21.5. The lowest BCUT2D eigenvalue weighted by atomic mass is 10.0. The number of aliphatic hydroxyl groups is 1. The van der Waals surface area contributed by atoms with Gasteiger partial charge < -0.3 is 24.8 Å². The molecule has 2 heterocycles. The lowest BCUT2D eigenvalue weighted by Crippen LogP contribution is -2.42. The Morgan fingerprint density at radius 3 is 2.72 bits per heavy atom. The SMILES string of the molecule is CC(C)(C)NCC(O)COc1ccc(C2=NNC(=O)CC2)cc1N1CCOCC1. The lowest BCUT2D eigenvalue weighted by Gasteiger charge is -2.31. The molecule has 2 aliphatic rings. The molecule has 0 aliphatic carbocycles. The Bertz CT molecular complexity index is 739. The highest BCUT2D eigenvalue weighted by molar-refractivity contribution is 6.05. The highest BCUT2D eigenvalue weighted by Gasteiger charge is 2.20. The summed E-state index contributed by atoms with van der Waals surface area (Å²) in [5.41, 5.74) is 5.28. The summed E-state index contributed by atoms with van der Waals surface area (Å²) in [7, 11) is 0. The van der Waals surface area contributed by atoms with Gasteiger partial charge in [0.25, 0.3) is 0 Å². The van der Waals surface area contributed by atoms with E-state index in [1.807, 2.05) is 12.1 Å². The molecule has 0 spiro atoms. The first-order valence-corrected chi connectivity index (χ1v) is 10.2. The number of morpholine rings is 1. The van der Waals surface area contributed by atoms with E-state index in [1.165, 1.54) is 0 Å². The van der Waals surface area contributed by atoms with E-state index >= 15 is 0 Å². The van der Waals surface area contributed by atoms with Crippen LogP contribution < -0.4 is 20.4 Å². The number of hydrogen-bond donors (Lipinski definition) is 3. The maximum Gasteiger partial charge on any atom is 0.240 e. The monoisotopic (exact) mass is 404 g/mol. The van der Waals surface area contributed by atoms with Gasteiger partial charge in [0.2, 0.25) is 5.91 Å². The van der Waals surface area contributed by atoms with Crippen LogP contribution in [-0.4, -0.2) is 67.8 Å². The van der Waals surface area contributed by atoms with E-state index in [-0.39, 0.29) is 18.1 Å². The number of nitrogens with zero attached hydrogens (tertiary/aromatic N) is 2. The zero-order valence-electron chi connectivity index (χ0n) is 17.5. The maximum absolute atomic E-state index is 11.4. The van der Waals surface area contributed by atoms with E-state index in [1.54, 1.807) is 0 Å². The van der Waals surface area contributed by atoms with Crippen molar-refractivity contribution in [3.05, 3.63) is 23.8 Å². The summed E-state index contributed by atoms with van der Waals surface area (Å²) in [5.74, 6) is 0.672. The molecule has 8 heteroatoms. The number of hydrogen-bond acceptors (Lipinski definition) is 7. The minimum Gasteiger partial charge on any atom is -0.489 e. The van der Waals surface area contributed by atoms with Crippen molar-refractivity contribution in [2.45, 2.75) is 45.3 Å². The van der Waals surface area contributed by atoms with Crippen molar-refractivity contribution >= 4 is 17.3 Å². The van der Waals surface area contributed by atoms with Crippen LogP contribution >= 0.6 is 0 Å². The van der Waals surface area contributed by atoms with Gasteiger partial charge in [-0.25, -0.2) is 5.43 Å². The van der Waals surface area contributed by atoms with Gasteiger partial charge in [-0.05, 0) is 39.0 Å². The van der Waals surface area contributed by atoms with Gasteiger partial charge in [-0.15, -0.1) is 0 Å². The second-order valence-electron chi connectivity index (χ2n) is 8.47. The zero-order chi connectivity index (χ0) is 20.9. The van der Waals surface area contributed by atoms with E-state index in [0.29, 0.717) is 32.6 Å². The molecule has 1 aromatic carbocycles. The van der Waals surface area contributed by atoms with Crippen LogP contribution in [0.4, 0.5) is 5.69 Å². The number of nitrogens with one attached hydrogen (secondary N) is 2. The van der Waals surface area contributed by atoms with E-state index < -0.39 is 6.10 Å². The Kier molecular flexibility index (Phi) is 7.10. The third-order valence-electron chi connectivity index (χ3n) is 4.85. The number of anilines is 1. The minimum atomic E-state index is -0.607. The van der Waals surface area contributed by atoms with Gasteiger partial charge in [0, 0.05) is 43.6 Å². The second kappa shape index (κ2) is 9.56. The first-order chi connectivity index (χ1) is 13.8. The standard InChI is InChI=1S/C21H32N4O4/c1-21(2,3)22-13-16(26)14-29-19-6-4-15(17-5-7-20(27)24-23-17)12-18(19)25-8-10-28-11-9-25/h4,6,12,16,22,26H,5,7-11,13-14H2,1-3H3,(H,24,27). The molecule has 1 fully saturated rings. The predicted octanol–water partition coefficient (Wildman–Crippen LogP) is 1.27. The lowest BCUT2D eigenvalue weighted by molar-refractivity contribution is -0.121. The summed E-state index contributed by atoms with van der Waals surface area (Å²) in [6, 6.07) is 5.93. The molecule has 29 heavy (non-hydrogen) atoms. The summed E-state index contributed by atoms with van der Waals surface area (Å²) >= 11 is 0. The molecule has 2 aliphatic heterocycles. The molecule has 1 unspecified atom stereocenters. The smallest absolute Gasteiger partial charge is 0.240 e. The average molecular weight is 405 g/mol. The normalized spacial score (nSPS) is 18.8. The maximum atomic E-state index is 11.4. The average Bonchev–Trinajstić information content (AvgIpc) is 2.71. The number of carbonyl (C=O) groups is 1. The number of aliphatic hydroxyl groups excluding tert-OH is 1. The van der Waals surface area contributed by atoms with Crippen LogP contribution in [0, 0.1) is 0 Å². The largest absolute Gasteiger partial charge is 0.489 e. The number of benzene rings is 1. The van der Waals surface area contributed by atoms with Crippen LogP contribution in [0.25, 0.3) is 0 Å². The number of hydrazone groups is 1. The fourth-order valence-electron chi connectivity index (χ4n) is 3.22. The predicted molar refractivity (Wildman–Crippen MR) is 113 cm³/mol. The molecule has 1 amide bonds. The van der Waals surface area contributed by atoms with Crippen molar-refractivity contribution in [3.8, 4) is 5.75 Å². The molecule has 0 saturated carbocycles. The minimum absolute atomic E-state index is 0.0556. The van der Waals surface area contributed by atoms with Crippen molar-refractivity contribution in [2.75, 3.05) is 44.4 Å². The highest BCUT2D eigenvalue weighted by Crippen LogP contribution is 2.31. The Morgan fingerprint density at radius 2 is 2.07 bits per heavy atom. The quantitative estimate of drug-likeness (QED) is 0.633. The molecule has 0 aromatic heterocycles. The van der Waals surface area contributed by atoms with Crippen LogP contribution in [0.1, 0.15) is 39.2 Å². The summed E-state index contributed by atoms with van der Waals surface area (Å²) in [5, 5.41) is 17.8. The van der Waals surface area contributed by atoms with Gasteiger partial charge in [-0.2, -0.15) is 5.10 Å². The number of carbonyl (C=O) groups excluding carboxylic acids is 1. The van der Waals surface area contributed by atoms with Gasteiger partial charge in [0.05, 0.1) is 24.6 Å². The van der Waals surface area contributed by atoms with E-state index in [2.05, 4.69) is 47.6 Å². The number of rotatable bonds is 7. The third kappa shape index (κ3) is 6.42. The molecule has 1 aromatic rings. The van der Waals surface area contributed by atoms with E-state index in [4.69, 9.17) is 9.47 Å². The zero-order valence-corrected chi connectivity index (χ0v) is 17.5. The molecular weight excluding hydrogens is 372 g/mol. The second-order valence-corrected chi connectivity index (χ2v) is 8.47. The van der Waals surface area contributed by atoms with Crippen LogP contribution in [0.15, 0.2) is 23.3 Å². The number of amides is 1. The molecule has 1 atom stereocenters. The van der Waals surface area contributed by atoms with Crippen molar-refractivity contribution < 1.29 is 19.4 Å². The van der Waals surface area contributed by atoms with Crippen LogP contribution in [0.5, 0.6) is 5.75 Å². The van der Waals surface area contributed by atoms with E-state index in [9.17, 15) is 9.90 Å². The molecule has 0 bridgehead atoms. The molecule has 1 saturated heterocycles. The third-order valence-corrected chi connectivity index (χ3v) is 4.85. The van der Waals surface area contributed by atoms with Crippen LogP contribution in [0.3, 0.4) is 0 Å². The molecule has 0 radical (unpaired) electrons. The molecule has 3 rings (SSSR count). The van der Waals surface area contributed by atoms with Gasteiger partial charge in [0.15, 0.2) is 0 Å². The summed E-state index contributed by atoms with van der Waals surface area (Å²) in [6.07, 6.45) is 0.451. The Hall–Kier alpha value is -2.16. The first-order valence-electron chi connectivity index (χ1n) is 10.2.